The fourth-order valence-corrected chi connectivity index (χ4v) is 1.93. The molecule has 4 nitrogen and oxygen atoms in total. The summed E-state index contributed by atoms with van der Waals surface area (Å²) in [5.41, 5.74) is 2.14. The number of fused-ring (bicyclic) bond motifs is 1. The minimum absolute atomic E-state index is 0.0455. The van der Waals surface area contributed by atoms with E-state index >= 15 is 0 Å². The maximum Gasteiger partial charge on any atom is 0.342 e. The number of aromatic nitrogens is 1. The van der Waals surface area contributed by atoms with Crippen LogP contribution in [0.25, 0.3) is 17.0 Å². The quantitative estimate of drug-likeness (QED) is 0.434. The summed E-state index contributed by atoms with van der Waals surface area (Å²) in [5, 5.41) is 0.990. The monoisotopic (exact) mass is 239 g/mol. The average Bonchev–Trinajstić information content (AvgIpc) is 2.68. The second-order valence-electron chi connectivity index (χ2n) is 4.06. The Kier molecular flexibility index (Phi) is 2.41. The van der Waals surface area contributed by atoms with Crippen LogP contribution in [0.5, 0.6) is 0 Å². The van der Waals surface area contributed by atoms with Crippen molar-refractivity contribution in [1.82, 2.24) is 4.98 Å². The van der Waals surface area contributed by atoms with Crippen LogP contribution >= 0.6 is 0 Å². The first-order valence-corrected chi connectivity index (χ1v) is 5.53. The van der Waals surface area contributed by atoms with E-state index in [4.69, 9.17) is 0 Å². The number of carbonyl (C=O) groups is 2. The molecule has 0 bridgehead atoms. The molecular weight excluding hydrogens is 230 g/mol. The van der Waals surface area contributed by atoms with Gasteiger partial charge in [0.25, 0.3) is 0 Å². The number of benzene rings is 1. The van der Waals surface area contributed by atoms with Crippen LogP contribution in [-0.4, -0.2) is 16.9 Å². The van der Waals surface area contributed by atoms with Crippen molar-refractivity contribution in [1.29, 1.82) is 0 Å². The molecule has 1 aliphatic heterocycles. The lowest BCUT2D eigenvalue weighted by Crippen LogP contribution is -1.96. The van der Waals surface area contributed by atoms with E-state index in [-0.39, 0.29) is 6.42 Å². The lowest BCUT2D eigenvalue weighted by molar-refractivity contribution is -0.151. The molecule has 0 aliphatic carbocycles. The maximum absolute atomic E-state index is 11.3. The summed E-state index contributed by atoms with van der Waals surface area (Å²) in [6, 6.07) is 9.46. The van der Waals surface area contributed by atoms with Crippen LogP contribution < -0.4 is 0 Å². The van der Waals surface area contributed by atoms with Crippen LogP contribution in [0.2, 0.25) is 0 Å². The molecule has 0 saturated carbocycles. The molecule has 0 radical (unpaired) electrons. The molecule has 0 N–H and O–H groups in total. The van der Waals surface area contributed by atoms with Gasteiger partial charge in [0, 0.05) is 17.2 Å². The van der Waals surface area contributed by atoms with Crippen LogP contribution in [0.15, 0.2) is 42.1 Å². The molecule has 18 heavy (non-hydrogen) atoms. The molecule has 1 fully saturated rings. The van der Waals surface area contributed by atoms with Crippen molar-refractivity contribution in [3.05, 3.63) is 47.7 Å². The number of rotatable bonds is 1. The van der Waals surface area contributed by atoms with Gasteiger partial charge in [-0.15, -0.1) is 0 Å². The lowest BCUT2D eigenvalue weighted by atomic mass is 10.1. The van der Waals surface area contributed by atoms with Gasteiger partial charge in [-0.1, -0.05) is 12.1 Å². The Bertz CT molecular complexity index is 688. The summed E-state index contributed by atoms with van der Waals surface area (Å²) in [6.07, 6.45) is 3.46. The second-order valence-corrected chi connectivity index (χ2v) is 4.06. The van der Waals surface area contributed by atoms with Crippen molar-refractivity contribution in [3.63, 3.8) is 0 Å². The molecule has 0 amide bonds. The van der Waals surface area contributed by atoms with E-state index in [0.29, 0.717) is 5.57 Å². The average molecular weight is 239 g/mol. The highest BCUT2D eigenvalue weighted by Gasteiger charge is 2.26. The first-order valence-electron chi connectivity index (χ1n) is 5.53. The predicted octanol–water partition coefficient (Wildman–Crippen LogP) is 2.09. The number of carbonyl (C=O) groups excluding carboxylic acids is 2. The summed E-state index contributed by atoms with van der Waals surface area (Å²) in [6.45, 7) is 0. The standard InChI is InChI=1S/C14H9NO3/c16-13-8-11(14(17)18-13)7-9-3-4-12-10(6-9)2-1-5-15-12/h1-7H,8H2/b11-7+. The predicted molar refractivity (Wildman–Crippen MR) is 65.4 cm³/mol. The summed E-state index contributed by atoms with van der Waals surface area (Å²) in [4.78, 5) is 26.5. The smallest absolute Gasteiger partial charge is 0.342 e. The van der Waals surface area contributed by atoms with E-state index in [1.165, 1.54) is 0 Å². The largest absolute Gasteiger partial charge is 0.389 e. The van der Waals surface area contributed by atoms with Crippen molar-refractivity contribution in [3.8, 4) is 0 Å². The number of cyclic esters (lactones) is 2. The zero-order chi connectivity index (χ0) is 12.5. The summed E-state index contributed by atoms with van der Waals surface area (Å²) in [7, 11) is 0. The third kappa shape index (κ3) is 1.88. The normalized spacial score (nSPS) is 17.4. The molecule has 88 valence electrons. The number of nitrogens with zero attached hydrogens (tertiary/aromatic N) is 1. The number of pyridine rings is 1. The molecule has 2 heterocycles. The molecule has 4 heteroatoms. The van der Waals surface area contributed by atoms with E-state index in [9.17, 15) is 9.59 Å². The Hall–Kier alpha value is -2.49. The zero-order valence-electron chi connectivity index (χ0n) is 9.42. The summed E-state index contributed by atoms with van der Waals surface area (Å²) >= 11 is 0. The Morgan fingerprint density at radius 3 is 2.89 bits per heavy atom. The molecule has 0 unspecified atom stereocenters. The Balaban J connectivity index is 2.02. The van der Waals surface area contributed by atoms with Gasteiger partial charge in [0.15, 0.2) is 0 Å². The third-order valence-electron chi connectivity index (χ3n) is 2.77. The Labute approximate surface area is 103 Å². The highest BCUT2D eigenvalue weighted by molar-refractivity contribution is 6.08. The zero-order valence-corrected chi connectivity index (χ0v) is 9.42. The van der Waals surface area contributed by atoms with Crippen LogP contribution in [0, 0.1) is 0 Å². The Morgan fingerprint density at radius 1 is 1.22 bits per heavy atom. The van der Waals surface area contributed by atoms with Gasteiger partial charge in [-0.2, -0.15) is 0 Å². The number of ether oxygens (including phenoxy) is 1. The van der Waals surface area contributed by atoms with Gasteiger partial charge >= 0.3 is 11.9 Å². The van der Waals surface area contributed by atoms with Crippen molar-refractivity contribution >= 4 is 28.9 Å². The first kappa shape index (κ1) is 10.7. The topological polar surface area (TPSA) is 56.3 Å². The van der Waals surface area contributed by atoms with Gasteiger partial charge in [0.2, 0.25) is 0 Å². The van der Waals surface area contributed by atoms with Gasteiger partial charge in [0.1, 0.15) is 0 Å². The first-order chi connectivity index (χ1) is 8.72. The molecule has 1 aromatic carbocycles. The fraction of sp³-hybridized carbons (Fsp3) is 0.0714. The van der Waals surface area contributed by atoms with Crippen molar-refractivity contribution in [2.75, 3.05) is 0 Å². The van der Waals surface area contributed by atoms with Gasteiger partial charge in [-0.05, 0) is 29.8 Å². The molecule has 1 aliphatic rings. The molecular formula is C14H9NO3. The van der Waals surface area contributed by atoms with E-state index in [1.54, 1.807) is 12.3 Å². The van der Waals surface area contributed by atoms with E-state index in [1.807, 2.05) is 30.3 Å². The van der Waals surface area contributed by atoms with Gasteiger partial charge in [-0.25, -0.2) is 4.79 Å². The number of hydrogen-bond donors (Lipinski definition) is 0. The van der Waals surface area contributed by atoms with E-state index in [2.05, 4.69) is 9.72 Å². The second kappa shape index (κ2) is 4.07. The van der Waals surface area contributed by atoms with Crippen LogP contribution in [0.1, 0.15) is 12.0 Å². The third-order valence-corrected chi connectivity index (χ3v) is 2.77. The molecule has 0 spiro atoms. The molecule has 3 rings (SSSR count). The summed E-state index contributed by atoms with van der Waals surface area (Å²) < 4.78 is 4.48. The van der Waals surface area contributed by atoms with Crippen LogP contribution in [0.3, 0.4) is 0 Å². The van der Waals surface area contributed by atoms with Crippen molar-refractivity contribution < 1.29 is 14.3 Å². The van der Waals surface area contributed by atoms with Crippen molar-refractivity contribution in [2.45, 2.75) is 6.42 Å². The molecule has 2 aromatic rings. The minimum atomic E-state index is -0.550. The number of hydrogen-bond acceptors (Lipinski definition) is 4. The molecule has 1 saturated heterocycles. The Morgan fingerprint density at radius 2 is 2.11 bits per heavy atom. The highest BCUT2D eigenvalue weighted by atomic mass is 16.6. The highest BCUT2D eigenvalue weighted by Crippen LogP contribution is 2.20. The molecule has 0 atom stereocenters. The van der Waals surface area contributed by atoms with Crippen LogP contribution in [0.4, 0.5) is 0 Å². The minimum Gasteiger partial charge on any atom is -0.389 e. The SMILES string of the molecule is O=C1C/C(=C\c2ccc3ncccc3c2)C(=O)O1. The van der Waals surface area contributed by atoms with Crippen LogP contribution in [-0.2, 0) is 14.3 Å². The number of esters is 2. The van der Waals surface area contributed by atoms with Crippen molar-refractivity contribution in [2.24, 2.45) is 0 Å². The fourth-order valence-electron chi connectivity index (χ4n) is 1.93. The summed E-state index contributed by atoms with van der Waals surface area (Å²) in [5.74, 6) is -1.04. The van der Waals surface area contributed by atoms with Gasteiger partial charge in [-0.3, -0.25) is 9.78 Å². The molecule has 1 aromatic heterocycles. The lowest BCUT2D eigenvalue weighted by Gasteiger charge is -1.99. The van der Waals surface area contributed by atoms with E-state index in [0.717, 1.165) is 16.5 Å². The van der Waals surface area contributed by atoms with Gasteiger partial charge < -0.3 is 4.74 Å². The van der Waals surface area contributed by atoms with E-state index < -0.39 is 11.9 Å². The maximum atomic E-state index is 11.3. The van der Waals surface area contributed by atoms with Gasteiger partial charge in [0.05, 0.1) is 11.9 Å².